The van der Waals surface area contributed by atoms with Gasteiger partial charge in [-0.05, 0) is 25.3 Å². The van der Waals surface area contributed by atoms with Crippen LogP contribution in [0.15, 0.2) is 48.9 Å². The molecular weight excluding hydrogens is 348 g/mol. The summed E-state index contributed by atoms with van der Waals surface area (Å²) in [6, 6.07) is 12.6. The Kier molecular flexibility index (Phi) is 4.44. The molecule has 0 spiro atoms. The molecule has 140 valence electrons. The second-order valence-corrected chi connectivity index (χ2v) is 7.32. The molecule has 0 fully saturated rings. The normalized spacial score (nSPS) is 12.4. The number of hydrogen-bond donors (Lipinski definition) is 0. The standard InChI is InChI=1S/C22H22N6/c1-14(2)20-16(4)28-22(18(10-23)11-25-28)26-21(20)19-12-24-27(13-19)15(3)17-8-6-5-7-9-17/h5-9,11-15H,1-4H3. The largest absolute Gasteiger partial charge is 0.265 e. The van der Waals surface area contributed by atoms with E-state index in [0.29, 0.717) is 11.2 Å². The minimum atomic E-state index is 0.118. The Morgan fingerprint density at radius 1 is 1.04 bits per heavy atom. The molecule has 4 aromatic rings. The Hall–Kier alpha value is -3.46. The third-order valence-electron chi connectivity index (χ3n) is 5.18. The maximum atomic E-state index is 9.40. The fourth-order valence-corrected chi connectivity index (χ4v) is 3.69. The fraction of sp³-hybridized carbons (Fsp3) is 0.273. The number of benzene rings is 1. The van der Waals surface area contributed by atoms with Gasteiger partial charge < -0.3 is 0 Å². The van der Waals surface area contributed by atoms with Crippen LogP contribution in [0, 0.1) is 18.3 Å². The summed E-state index contributed by atoms with van der Waals surface area (Å²) in [4.78, 5) is 4.83. The van der Waals surface area contributed by atoms with Gasteiger partial charge >= 0.3 is 0 Å². The van der Waals surface area contributed by atoms with Gasteiger partial charge in [0.2, 0.25) is 0 Å². The molecule has 1 unspecified atom stereocenters. The maximum Gasteiger partial charge on any atom is 0.173 e. The molecule has 0 bridgehead atoms. The van der Waals surface area contributed by atoms with Crippen molar-refractivity contribution in [2.45, 2.75) is 39.7 Å². The van der Waals surface area contributed by atoms with E-state index in [-0.39, 0.29) is 12.0 Å². The van der Waals surface area contributed by atoms with Crippen LogP contribution in [-0.2, 0) is 0 Å². The van der Waals surface area contributed by atoms with Crippen LogP contribution in [0.25, 0.3) is 16.9 Å². The van der Waals surface area contributed by atoms with Gasteiger partial charge in [-0.15, -0.1) is 0 Å². The van der Waals surface area contributed by atoms with Crippen LogP contribution in [-0.4, -0.2) is 24.4 Å². The van der Waals surface area contributed by atoms with E-state index in [1.165, 1.54) is 5.56 Å². The Morgan fingerprint density at radius 2 is 1.79 bits per heavy atom. The highest BCUT2D eigenvalue weighted by Gasteiger charge is 2.21. The van der Waals surface area contributed by atoms with Gasteiger partial charge in [0.05, 0.1) is 24.1 Å². The average molecular weight is 370 g/mol. The summed E-state index contributed by atoms with van der Waals surface area (Å²) in [7, 11) is 0. The Morgan fingerprint density at radius 3 is 2.46 bits per heavy atom. The number of rotatable bonds is 4. The van der Waals surface area contributed by atoms with Crippen LogP contribution in [0.4, 0.5) is 0 Å². The SMILES string of the molecule is Cc1c(C(C)C)c(-c2cnn(C(C)c3ccccc3)c2)nc2c(C#N)cnn12. The summed E-state index contributed by atoms with van der Waals surface area (Å²) in [5, 5.41) is 18.3. The van der Waals surface area contributed by atoms with Crippen molar-refractivity contribution in [2.75, 3.05) is 0 Å². The van der Waals surface area contributed by atoms with Crippen LogP contribution in [0.3, 0.4) is 0 Å². The first-order valence-electron chi connectivity index (χ1n) is 9.39. The molecule has 0 saturated carbocycles. The highest BCUT2D eigenvalue weighted by atomic mass is 15.3. The molecule has 3 aromatic heterocycles. The van der Waals surface area contributed by atoms with Crippen molar-refractivity contribution >= 4 is 5.65 Å². The van der Waals surface area contributed by atoms with Gasteiger partial charge in [0, 0.05) is 23.0 Å². The van der Waals surface area contributed by atoms with E-state index in [9.17, 15) is 5.26 Å². The summed E-state index contributed by atoms with van der Waals surface area (Å²) in [6.45, 7) is 8.44. The molecule has 0 amide bonds. The van der Waals surface area contributed by atoms with Gasteiger partial charge in [-0.2, -0.15) is 15.5 Å². The zero-order chi connectivity index (χ0) is 19.8. The first-order chi connectivity index (χ1) is 13.5. The molecule has 1 aromatic carbocycles. The lowest BCUT2D eigenvalue weighted by molar-refractivity contribution is 0.564. The van der Waals surface area contributed by atoms with E-state index in [0.717, 1.165) is 22.5 Å². The first-order valence-corrected chi connectivity index (χ1v) is 9.39. The summed E-state index contributed by atoms with van der Waals surface area (Å²) < 4.78 is 3.71. The van der Waals surface area contributed by atoms with Crippen molar-refractivity contribution in [1.29, 1.82) is 5.26 Å². The van der Waals surface area contributed by atoms with E-state index >= 15 is 0 Å². The van der Waals surface area contributed by atoms with Gasteiger partial charge in [0.25, 0.3) is 0 Å². The Bertz CT molecular complexity index is 1180. The summed E-state index contributed by atoms with van der Waals surface area (Å²) in [6.07, 6.45) is 5.46. The molecule has 6 heteroatoms. The van der Waals surface area contributed by atoms with Crippen molar-refractivity contribution < 1.29 is 0 Å². The van der Waals surface area contributed by atoms with E-state index in [1.54, 1.807) is 10.7 Å². The highest BCUT2D eigenvalue weighted by molar-refractivity contribution is 5.68. The zero-order valence-electron chi connectivity index (χ0n) is 16.5. The molecule has 4 rings (SSSR count). The van der Waals surface area contributed by atoms with Gasteiger partial charge in [-0.25, -0.2) is 9.50 Å². The molecule has 0 saturated heterocycles. The van der Waals surface area contributed by atoms with Gasteiger partial charge in [-0.1, -0.05) is 44.2 Å². The van der Waals surface area contributed by atoms with Crippen LogP contribution < -0.4 is 0 Å². The van der Waals surface area contributed by atoms with Crippen molar-refractivity contribution in [3.05, 3.63) is 71.3 Å². The molecular formula is C22H22N6. The molecule has 0 N–H and O–H groups in total. The Balaban J connectivity index is 1.86. The predicted molar refractivity (Wildman–Crippen MR) is 108 cm³/mol. The minimum absolute atomic E-state index is 0.118. The van der Waals surface area contributed by atoms with Crippen LogP contribution in [0.1, 0.15) is 55.1 Å². The number of nitriles is 1. The third-order valence-corrected chi connectivity index (χ3v) is 5.18. The van der Waals surface area contributed by atoms with Crippen molar-refractivity contribution in [3.63, 3.8) is 0 Å². The number of aryl methyl sites for hydroxylation is 1. The number of nitrogens with zero attached hydrogens (tertiary/aromatic N) is 6. The summed E-state index contributed by atoms with van der Waals surface area (Å²) in [5.74, 6) is 0.261. The van der Waals surface area contributed by atoms with Crippen LogP contribution in [0.5, 0.6) is 0 Å². The lowest BCUT2D eigenvalue weighted by Crippen LogP contribution is -2.08. The van der Waals surface area contributed by atoms with E-state index in [4.69, 9.17) is 4.98 Å². The second kappa shape index (κ2) is 6.93. The smallest absolute Gasteiger partial charge is 0.173 e. The van der Waals surface area contributed by atoms with Gasteiger partial charge in [0.1, 0.15) is 11.6 Å². The van der Waals surface area contributed by atoms with Crippen LogP contribution in [0.2, 0.25) is 0 Å². The Labute approximate surface area is 164 Å². The summed E-state index contributed by atoms with van der Waals surface area (Å²) >= 11 is 0. The fourth-order valence-electron chi connectivity index (χ4n) is 3.69. The maximum absolute atomic E-state index is 9.40. The molecule has 0 radical (unpaired) electrons. The number of aromatic nitrogens is 5. The zero-order valence-corrected chi connectivity index (χ0v) is 16.5. The quantitative estimate of drug-likeness (QED) is 0.530. The van der Waals surface area contributed by atoms with Crippen molar-refractivity contribution in [1.82, 2.24) is 24.4 Å². The molecule has 0 aliphatic rings. The number of fused-ring (bicyclic) bond motifs is 1. The monoisotopic (exact) mass is 370 g/mol. The number of hydrogen-bond acceptors (Lipinski definition) is 4. The van der Waals surface area contributed by atoms with Gasteiger partial charge in [0.15, 0.2) is 5.65 Å². The first kappa shape index (κ1) is 17.9. The average Bonchev–Trinajstić information content (AvgIpc) is 3.34. The molecule has 0 aliphatic heterocycles. The van der Waals surface area contributed by atoms with Crippen molar-refractivity contribution in [3.8, 4) is 17.3 Å². The molecule has 6 nitrogen and oxygen atoms in total. The van der Waals surface area contributed by atoms with Crippen molar-refractivity contribution in [2.24, 2.45) is 0 Å². The van der Waals surface area contributed by atoms with E-state index in [1.807, 2.05) is 42.2 Å². The van der Waals surface area contributed by atoms with E-state index < -0.39 is 0 Å². The topological polar surface area (TPSA) is 71.8 Å². The molecule has 1 atom stereocenters. The summed E-state index contributed by atoms with van der Waals surface area (Å²) in [5.41, 5.74) is 6.19. The van der Waals surface area contributed by atoms with E-state index in [2.05, 4.69) is 49.2 Å². The lowest BCUT2D eigenvalue weighted by atomic mass is 9.97. The third kappa shape index (κ3) is 2.85. The second-order valence-electron chi connectivity index (χ2n) is 7.32. The predicted octanol–water partition coefficient (Wildman–Crippen LogP) is 4.51. The highest BCUT2D eigenvalue weighted by Crippen LogP contribution is 2.32. The lowest BCUT2D eigenvalue weighted by Gasteiger charge is -2.16. The minimum Gasteiger partial charge on any atom is -0.265 e. The molecule has 3 heterocycles. The van der Waals surface area contributed by atoms with Crippen LogP contribution >= 0.6 is 0 Å². The molecule has 0 aliphatic carbocycles. The van der Waals surface area contributed by atoms with Gasteiger partial charge in [-0.3, -0.25) is 4.68 Å². The molecule has 28 heavy (non-hydrogen) atoms.